The molecule has 0 unspecified atom stereocenters. The first kappa shape index (κ1) is 14.1. The molecule has 3 aliphatic heterocycles. The van der Waals surface area contributed by atoms with Gasteiger partial charge in [0.05, 0.1) is 23.6 Å². The minimum atomic E-state index is -1.03. The molecule has 0 saturated carbocycles. The molecule has 2 amide bonds. The standard InChI is InChI=1S/C17H15NO5/c1-10(19)22-9-17-8-7-12(23-17)13-14(17)16(21)18(15(13)20)11-5-3-2-4-6-11/h2-8,12-14H,9H2,1H3/t12-,13+,14-,17+/m0/s1. The maximum atomic E-state index is 12.9. The second-order valence-corrected chi connectivity index (χ2v) is 6.03. The molecule has 2 bridgehead atoms. The van der Waals surface area contributed by atoms with E-state index in [9.17, 15) is 14.4 Å². The largest absolute Gasteiger partial charge is 0.462 e. The van der Waals surface area contributed by atoms with Crippen LogP contribution in [-0.2, 0) is 23.9 Å². The second-order valence-electron chi connectivity index (χ2n) is 6.03. The van der Waals surface area contributed by atoms with Crippen molar-refractivity contribution in [1.29, 1.82) is 0 Å². The lowest BCUT2D eigenvalue weighted by atomic mass is 9.77. The summed E-state index contributed by atoms with van der Waals surface area (Å²) in [6.45, 7) is 1.25. The number of hydrogen-bond acceptors (Lipinski definition) is 5. The minimum Gasteiger partial charge on any atom is -0.462 e. The Hall–Kier alpha value is -2.47. The zero-order valence-corrected chi connectivity index (χ0v) is 12.5. The van der Waals surface area contributed by atoms with Crippen LogP contribution >= 0.6 is 0 Å². The molecule has 0 aliphatic carbocycles. The van der Waals surface area contributed by atoms with Crippen molar-refractivity contribution >= 4 is 23.5 Å². The Balaban J connectivity index is 1.70. The van der Waals surface area contributed by atoms with E-state index in [-0.39, 0.29) is 18.4 Å². The van der Waals surface area contributed by atoms with E-state index in [0.717, 1.165) is 0 Å². The zero-order valence-electron chi connectivity index (χ0n) is 12.5. The molecule has 4 atom stereocenters. The zero-order chi connectivity index (χ0) is 16.2. The first-order chi connectivity index (χ1) is 11.0. The van der Waals surface area contributed by atoms with E-state index in [4.69, 9.17) is 9.47 Å². The number of imide groups is 1. The van der Waals surface area contributed by atoms with Gasteiger partial charge < -0.3 is 9.47 Å². The van der Waals surface area contributed by atoms with E-state index in [1.807, 2.05) is 6.07 Å². The molecule has 6 heteroatoms. The predicted molar refractivity (Wildman–Crippen MR) is 79.3 cm³/mol. The van der Waals surface area contributed by atoms with Gasteiger partial charge in [-0.1, -0.05) is 24.3 Å². The van der Waals surface area contributed by atoms with Crippen LogP contribution in [0.1, 0.15) is 6.92 Å². The lowest BCUT2D eigenvalue weighted by molar-refractivity contribution is -0.150. The molecule has 0 N–H and O–H groups in total. The fourth-order valence-electron chi connectivity index (χ4n) is 3.71. The van der Waals surface area contributed by atoms with Gasteiger partial charge in [0.2, 0.25) is 11.8 Å². The van der Waals surface area contributed by atoms with Crippen LogP contribution < -0.4 is 4.90 Å². The SMILES string of the molecule is CC(=O)OC[C@@]12C=C[C@H](O1)[C@H]1C(=O)N(c3ccccc3)C(=O)[C@H]12. The van der Waals surface area contributed by atoms with Crippen LogP contribution in [0.25, 0.3) is 0 Å². The van der Waals surface area contributed by atoms with Crippen molar-refractivity contribution in [2.45, 2.75) is 18.6 Å². The van der Waals surface area contributed by atoms with Gasteiger partial charge in [-0.15, -0.1) is 0 Å². The topological polar surface area (TPSA) is 72.9 Å². The summed E-state index contributed by atoms with van der Waals surface area (Å²) >= 11 is 0. The molecule has 3 heterocycles. The van der Waals surface area contributed by atoms with Crippen LogP contribution in [0, 0.1) is 11.8 Å². The number of nitrogens with zero attached hydrogens (tertiary/aromatic N) is 1. The van der Waals surface area contributed by atoms with Crippen molar-refractivity contribution in [3.63, 3.8) is 0 Å². The summed E-state index contributed by atoms with van der Waals surface area (Å²) < 4.78 is 10.9. The van der Waals surface area contributed by atoms with Crippen molar-refractivity contribution in [1.82, 2.24) is 0 Å². The first-order valence-electron chi connectivity index (χ1n) is 7.47. The van der Waals surface area contributed by atoms with E-state index in [1.54, 1.807) is 36.4 Å². The quantitative estimate of drug-likeness (QED) is 0.474. The van der Waals surface area contributed by atoms with Crippen LogP contribution in [0.15, 0.2) is 42.5 Å². The molecule has 0 aromatic heterocycles. The van der Waals surface area contributed by atoms with E-state index >= 15 is 0 Å². The summed E-state index contributed by atoms with van der Waals surface area (Å²) in [5, 5.41) is 0. The van der Waals surface area contributed by atoms with Gasteiger partial charge >= 0.3 is 5.97 Å². The Labute approximate surface area is 132 Å². The van der Waals surface area contributed by atoms with Gasteiger partial charge in [-0.3, -0.25) is 14.4 Å². The van der Waals surface area contributed by atoms with Gasteiger partial charge in [0.25, 0.3) is 0 Å². The molecule has 3 aliphatic rings. The predicted octanol–water partition coefficient (Wildman–Crippen LogP) is 1.06. The normalized spacial score (nSPS) is 34.1. The molecule has 6 nitrogen and oxygen atoms in total. The highest BCUT2D eigenvalue weighted by atomic mass is 16.6. The minimum absolute atomic E-state index is 0.0574. The molecule has 0 spiro atoms. The molecular weight excluding hydrogens is 298 g/mol. The third kappa shape index (κ3) is 1.88. The Kier molecular flexibility index (Phi) is 2.93. The van der Waals surface area contributed by atoms with Crippen LogP contribution in [0.3, 0.4) is 0 Å². The number of para-hydroxylation sites is 1. The summed E-state index contributed by atoms with van der Waals surface area (Å²) in [6.07, 6.45) is 3.09. The van der Waals surface area contributed by atoms with Gasteiger partial charge in [-0.2, -0.15) is 0 Å². The van der Waals surface area contributed by atoms with E-state index in [0.29, 0.717) is 5.69 Å². The number of fused-ring (bicyclic) bond motifs is 5. The smallest absolute Gasteiger partial charge is 0.302 e. The summed E-state index contributed by atoms with van der Waals surface area (Å²) in [6, 6.07) is 8.84. The number of ether oxygens (including phenoxy) is 2. The molecule has 2 fully saturated rings. The number of amides is 2. The number of benzene rings is 1. The van der Waals surface area contributed by atoms with Gasteiger partial charge in [-0.05, 0) is 18.2 Å². The second kappa shape index (κ2) is 4.76. The molecule has 23 heavy (non-hydrogen) atoms. The first-order valence-corrected chi connectivity index (χ1v) is 7.47. The average molecular weight is 313 g/mol. The van der Waals surface area contributed by atoms with E-state index in [2.05, 4.69) is 0 Å². The molecule has 1 aromatic carbocycles. The lowest BCUT2D eigenvalue weighted by Crippen LogP contribution is -2.44. The average Bonchev–Trinajstić information content (AvgIpc) is 3.17. The van der Waals surface area contributed by atoms with Crippen molar-refractivity contribution in [3.8, 4) is 0 Å². The number of hydrogen-bond donors (Lipinski definition) is 0. The van der Waals surface area contributed by atoms with Crippen molar-refractivity contribution < 1.29 is 23.9 Å². The number of esters is 1. The third-order valence-electron chi connectivity index (χ3n) is 4.67. The van der Waals surface area contributed by atoms with Gasteiger partial charge in [-0.25, -0.2) is 4.90 Å². The van der Waals surface area contributed by atoms with Crippen molar-refractivity contribution in [2.75, 3.05) is 11.5 Å². The van der Waals surface area contributed by atoms with E-state index in [1.165, 1.54) is 11.8 Å². The molecule has 2 saturated heterocycles. The number of carbonyl (C=O) groups excluding carboxylic acids is 3. The Morgan fingerprint density at radius 2 is 2.00 bits per heavy atom. The maximum absolute atomic E-state index is 12.9. The highest BCUT2D eigenvalue weighted by Gasteiger charge is 2.68. The number of carbonyl (C=O) groups is 3. The Morgan fingerprint density at radius 3 is 2.70 bits per heavy atom. The summed E-state index contributed by atoms with van der Waals surface area (Å²) in [5.41, 5.74) is -0.476. The van der Waals surface area contributed by atoms with Gasteiger partial charge in [0.1, 0.15) is 12.2 Å². The summed E-state index contributed by atoms with van der Waals surface area (Å²) in [5.74, 6) is -2.21. The Morgan fingerprint density at radius 1 is 1.26 bits per heavy atom. The van der Waals surface area contributed by atoms with Crippen LogP contribution in [0.4, 0.5) is 5.69 Å². The number of anilines is 1. The van der Waals surface area contributed by atoms with Crippen molar-refractivity contribution in [2.24, 2.45) is 11.8 Å². The molecule has 0 radical (unpaired) electrons. The van der Waals surface area contributed by atoms with Gasteiger partial charge in [0, 0.05) is 6.92 Å². The lowest BCUT2D eigenvalue weighted by Gasteiger charge is -2.28. The van der Waals surface area contributed by atoms with Gasteiger partial charge in [0.15, 0.2) is 0 Å². The van der Waals surface area contributed by atoms with Crippen LogP contribution in [0.2, 0.25) is 0 Å². The van der Waals surface area contributed by atoms with Crippen molar-refractivity contribution in [3.05, 3.63) is 42.5 Å². The van der Waals surface area contributed by atoms with E-state index < -0.39 is 29.5 Å². The molecule has 118 valence electrons. The maximum Gasteiger partial charge on any atom is 0.302 e. The highest BCUT2D eigenvalue weighted by molar-refractivity contribution is 6.23. The highest BCUT2D eigenvalue weighted by Crippen LogP contribution is 2.52. The molecular formula is C17H15NO5. The molecule has 1 aromatic rings. The summed E-state index contributed by atoms with van der Waals surface area (Å²) in [7, 11) is 0. The molecule has 4 rings (SSSR count). The third-order valence-corrected chi connectivity index (χ3v) is 4.67. The fraction of sp³-hybridized carbons (Fsp3) is 0.353. The monoisotopic (exact) mass is 313 g/mol. The van der Waals surface area contributed by atoms with Crippen LogP contribution in [0.5, 0.6) is 0 Å². The Bertz CT molecular complexity index is 728. The number of rotatable bonds is 3. The van der Waals surface area contributed by atoms with Crippen LogP contribution in [-0.4, -0.2) is 36.1 Å². The summed E-state index contributed by atoms with van der Waals surface area (Å²) in [4.78, 5) is 38.0. The fourth-order valence-corrected chi connectivity index (χ4v) is 3.71.